The Bertz CT molecular complexity index is 543. The summed E-state index contributed by atoms with van der Waals surface area (Å²) in [6.45, 7) is 4.88. The fourth-order valence-electron chi connectivity index (χ4n) is 2.18. The third-order valence-electron chi connectivity index (χ3n) is 3.23. The first-order chi connectivity index (χ1) is 9.71. The highest BCUT2D eigenvalue weighted by Gasteiger charge is 2.07. The number of benzene rings is 1. The molecule has 0 amide bonds. The van der Waals surface area contributed by atoms with Crippen LogP contribution >= 0.6 is 0 Å². The topological polar surface area (TPSA) is 51.4 Å². The maximum absolute atomic E-state index is 5.90. The Morgan fingerprint density at radius 1 is 1.10 bits per heavy atom. The lowest BCUT2D eigenvalue weighted by molar-refractivity contribution is 0.271. The Hall–Kier alpha value is -2.07. The average molecular weight is 271 g/mol. The Labute approximate surface area is 120 Å². The van der Waals surface area contributed by atoms with Gasteiger partial charge in [0.25, 0.3) is 0 Å². The summed E-state index contributed by atoms with van der Waals surface area (Å²) in [5, 5.41) is 0. The number of aromatic nitrogens is 1. The Morgan fingerprint density at radius 3 is 2.45 bits per heavy atom. The van der Waals surface area contributed by atoms with Crippen molar-refractivity contribution in [1.82, 2.24) is 9.88 Å². The second-order valence-electron chi connectivity index (χ2n) is 4.77. The minimum absolute atomic E-state index is 0.735. The zero-order valence-electron chi connectivity index (χ0n) is 12.0. The van der Waals surface area contributed by atoms with Crippen LogP contribution in [0.5, 0.6) is 5.75 Å². The van der Waals surface area contributed by atoms with E-state index in [1.165, 1.54) is 5.56 Å². The van der Waals surface area contributed by atoms with Crippen LogP contribution in [0.3, 0.4) is 0 Å². The van der Waals surface area contributed by atoms with Crippen LogP contribution in [-0.4, -0.2) is 23.5 Å². The third-order valence-corrected chi connectivity index (χ3v) is 3.23. The summed E-state index contributed by atoms with van der Waals surface area (Å²) in [6.07, 6.45) is 3.65. The summed E-state index contributed by atoms with van der Waals surface area (Å²) in [6, 6.07) is 9.96. The third kappa shape index (κ3) is 3.96. The number of nitrogens with zero attached hydrogens (tertiary/aromatic N) is 2. The van der Waals surface area contributed by atoms with Crippen LogP contribution in [0.2, 0.25) is 0 Å². The van der Waals surface area contributed by atoms with Crippen molar-refractivity contribution in [3.05, 3.63) is 53.9 Å². The van der Waals surface area contributed by atoms with Crippen LogP contribution in [0, 0.1) is 0 Å². The molecule has 2 N–H and O–H groups in total. The van der Waals surface area contributed by atoms with E-state index in [0.717, 1.165) is 36.6 Å². The summed E-state index contributed by atoms with van der Waals surface area (Å²) in [4.78, 5) is 6.40. The first kappa shape index (κ1) is 14.3. The number of nitrogen functional groups attached to an aromatic ring is 1. The molecule has 0 saturated heterocycles. The zero-order chi connectivity index (χ0) is 14.4. The Balaban J connectivity index is 2.08. The smallest absolute Gasteiger partial charge is 0.121 e. The molecule has 0 atom stereocenters. The molecule has 0 aliphatic carbocycles. The van der Waals surface area contributed by atoms with Crippen LogP contribution in [0.1, 0.15) is 18.1 Å². The number of pyridine rings is 1. The molecule has 2 aromatic rings. The van der Waals surface area contributed by atoms with Crippen molar-refractivity contribution in [2.45, 2.75) is 20.0 Å². The van der Waals surface area contributed by atoms with Crippen molar-refractivity contribution < 1.29 is 4.74 Å². The minimum Gasteiger partial charge on any atom is -0.497 e. The van der Waals surface area contributed by atoms with Gasteiger partial charge in [0.1, 0.15) is 5.75 Å². The maximum Gasteiger partial charge on any atom is 0.121 e. The number of methoxy groups -OCH3 is 1. The van der Waals surface area contributed by atoms with Gasteiger partial charge in [-0.2, -0.15) is 0 Å². The van der Waals surface area contributed by atoms with Gasteiger partial charge in [-0.3, -0.25) is 9.88 Å². The van der Waals surface area contributed by atoms with E-state index in [-0.39, 0.29) is 0 Å². The standard InChI is InChI=1S/C16H21N3O/c1-3-19(11-13-4-6-18-7-5-13)12-14-8-15(17)10-16(9-14)20-2/h4-10H,3,11-12,17H2,1-2H3. The lowest BCUT2D eigenvalue weighted by Gasteiger charge is -2.21. The van der Waals surface area contributed by atoms with Gasteiger partial charge in [-0.25, -0.2) is 0 Å². The first-order valence-corrected chi connectivity index (χ1v) is 6.76. The van der Waals surface area contributed by atoms with E-state index in [4.69, 9.17) is 10.5 Å². The van der Waals surface area contributed by atoms with Crippen molar-refractivity contribution in [3.8, 4) is 5.75 Å². The van der Waals surface area contributed by atoms with Gasteiger partial charge in [0.15, 0.2) is 0 Å². The molecule has 106 valence electrons. The van der Waals surface area contributed by atoms with Crippen LogP contribution in [0.15, 0.2) is 42.7 Å². The largest absolute Gasteiger partial charge is 0.497 e. The lowest BCUT2D eigenvalue weighted by Crippen LogP contribution is -2.22. The molecule has 1 heterocycles. The highest BCUT2D eigenvalue weighted by molar-refractivity contribution is 5.47. The van der Waals surface area contributed by atoms with Crippen molar-refractivity contribution in [2.75, 3.05) is 19.4 Å². The number of ether oxygens (including phenoxy) is 1. The summed E-state index contributed by atoms with van der Waals surface area (Å²) in [7, 11) is 1.66. The van der Waals surface area contributed by atoms with Gasteiger partial charge >= 0.3 is 0 Å². The monoisotopic (exact) mass is 271 g/mol. The summed E-state index contributed by atoms with van der Waals surface area (Å²) in [5.74, 6) is 0.806. The van der Waals surface area contributed by atoms with Crippen LogP contribution < -0.4 is 10.5 Å². The van der Waals surface area contributed by atoms with Gasteiger partial charge in [-0.1, -0.05) is 6.92 Å². The van der Waals surface area contributed by atoms with E-state index >= 15 is 0 Å². The molecular weight excluding hydrogens is 250 g/mol. The molecule has 4 heteroatoms. The van der Waals surface area contributed by atoms with E-state index in [1.54, 1.807) is 7.11 Å². The molecule has 4 nitrogen and oxygen atoms in total. The Morgan fingerprint density at radius 2 is 1.80 bits per heavy atom. The molecule has 0 unspecified atom stereocenters. The summed E-state index contributed by atoms with van der Waals surface area (Å²) in [5.41, 5.74) is 9.06. The van der Waals surface area contributed by atoms with Gasteiger partial charge in [-0.05, 0) is 41.9 Å². The van der Waals surface area contributed by atoms with Gasteiger partial charge in [0.2, 0.25) is 0 Å². The summed E-state index contributed by atoms with van der Waals surface area (Å²) < 4.78 is 5.26. The van der Waals surface area contributed by atoms with E-state index in [1.807, 2.05) is 42.7 Å². The molecule has 0 spiro atoms. The van der Waals surface area contributed by atoms with Gasteiger partial charge in [0, 0.05) is 37.2 Å². The molecule has 0 radical (unpaired) electrons. The van der Waals surface area contributed by atoms with Gasteiger partial charge < -0.3 is 10.5 Å². The fourth-order valence-corrected chi connectivity index (χ4v) is 2.18. The van der Waals surface area contributed by atoms with E-state index in [9.17, 15) is 0 Å². The number of rotatable bonds is 6. The first-order valence-electron chi connectivity index (χ1n) is 6.76. The highest BCUT2D eigenvalue weighted by Crippen LogP contribution is 2.20. The molecule has 0 aliphatic rings. The van der Waals surface area contributed by atoms with Crippen molar-refractivity contribution in [1.29, 1.82) is 0 Å². The normalized spacial score (nSPS) is 10.8. The summed E-state index contributed by atoms with van der Waals surface area (Å²) >= 11 is 0. The average Bonchev–Trinajstić information content (AvgIpc) is 2.47. The molecule has 0 aliphatic heterocycles. The van der Waals surface area contributed by atoms with Crippen molar-refractivity contribution >= 4 is 5.69 Å². The van der Waals surface area contributed by atoms with Crippen molar-refractivity contribution in [3.63, 3.8) is 0 Å². The van der Waals surface area contributed by atoms with E-state index in [0.29, 0.717) is 0 Å². The molecule has 20 heavy (non-hydrogen) atoms. The minimum atomic E-state index is 0.735. The molecule has 1 aromatic heterocycles. The van der Waals surface area contributed by atoms with Crippen LogP contribution in [0.4, 0.5) is 5.69 Å². The zero-order valence-corrected chi connectivity index (χ0v) is 12.0. The van der Waals surface area contributed by atoms with Gasteiger partial charge in [0.05, 0.1) is 7.11 Å². The predicted octanol–water partition coefficient (Wildman–Crippen LogP) is 2.69. The van der Waals surface area contributed by atoms with Crippen molar-refractivity contribution in [2.24, 2.45) is 0 Å². The molecule has 1 aromatic carbocycles. The lowest BCUT2D eigenvalue weighted by atomic mass is 10.1. The second kappa shape index (κ2) is 6.91. The number of nitrogens with two attached hydrogens (primary N) is 1. The quantitative estimate of drug-likeness (QED) is 0.821. The van der Waals surface area contributed by atoms with Gasteiger partial charge in [-0.15, -0.1) is 0 Å². The van der Waals surface area contributed by atoms with Crippen LogP contribution in [0.25, 0.3) is 0 Å². The van der Waals surface area contributed by atoms with E-state index < -0.39 is 0 Å². The van der Waals surface area contributed by atoms with E-state index in [2.05, 4.69) is 16.8 Å². The predicted molar refractivity (Wildman–Crippen MR) is 81.4 cm³/mol. The molecule has 0 saturated carbocycles. The van der Waals surface area contributed by atoms with Crippen LogP contribution in [-0.2, 0) is 13.1 Å². The second-order valence-corrected chi connectivity index (χ2v) is 4.77. The molecule has 0 bridgehead atoms. The highest BCUT2D eigenvalue weighted by atomic mass is 16.5. The SMILES string of the molecule is CCN(Cc1ccncc1)Cc1cc(N)cc(OC)c1. The number of hydrogen-bond donors (Lipinski definition) is 1. The maximum atomic E-state index is 5.90. The molecule has 0 fully saturated rings. The fraction of sp³-hybridized carbons (Fsp3) is 0.312. The number of anilines is 1. The number of hydrogen-bond acceptors (Lipinski definition) is 4. The molecule has 2 rings (SSSR count). The molecular formula is C16H21N3O. The Kier molecular flexibility index (Phi) is 4.96.